The molecule has 1 heterocycles. The molecule has 2 rings (SSSR count). The monoisotopic (exact) mass is 364 g/mol. The van der Waals surface area contributed by atoms with E-state index in [0.717, 1.165) is 18.2 Å². The second-order valence-electron chi connectivity index (χ2n) is 5.02. The molecular formula is C17H13ClO7. The van der Waals surface area contributed by atoms with Gasteiger partial charge in [-0.1, -0.05) is 12.7 Å². The van der Waals surface area contributed by atoms with Crippen LogP contribution >= 0.6 is 11.6 Å². The van der Waals surface area contributed by atoms with Crippen LogP contribution < -0.4 is 5.43 Å². The summed E-state index contributed by atoms with van der Waals surface area (Å²) in [5, 5.41) is 37.2. The number of carbonyl (C=O) groups is 1. The Balaban J connectivity index is 2.82. The maximum absolute atomic E-state index is 12.3. The fourth-order valence-corrected chi connectivity index (χ4v) is 2.29. The molecule has 0 aliphatic rings. The molecule has 0 fully saturated rings. The van der Waals surface area contributed by atoms with Crippen molar-refractivity contribution in [2.75, 3.05) is 0 Å². The van der Waals surface area contributed by atoms with E-state index < -0.39 is 33.5 Å². The number of benzene rings is 1. The molecule has 0 aliphatic carbocycles. The molecule has 0 atom stereocenters. The zero-order valence-electron chi connectivity index (χ0n) is 12.9. The van der Waals surface area contributed by atoms with E-state index in [1.165, 1.54) is 13.0 Å². The molecule has 7 nitrogen and oxygen atoms in total. The van der Waals surface area contributed by atoms with Gasteiger partial charge in [0.05, 0.1) is 0 Å². The summed E-state index contributed by atoms with van der Waals surface area (Å²) in [6.45, 7) is 4.78. The fraction of sp³-hybridized carbons (Fsp3) is 0.0588. The molecule has 2 aromatic rings. The lowest BCUT2D eigenvalue weighted by molar-refractivity contribution is 0.107. The molecular weight excluding hydrogens is 352 g/mol. The van der Waals surface area contributed by atoms with E-state index in [0.29, 0.717) is 0 Å². The average molecular weight is 365 g/mol. The van der Waals surface area contributed by atoms with Gasteiger partial charge in [0.1, 0.15) is 39.6 Å². The number of aromatic hydroxyl groups is 2. The lowest BCUT2D eigenvalue weighted by atomic mass is 10.1. The van der Waals surface area contributed by atoms with E-state index in [2.05, 4.69) is 6.58 Å². The molecule has 0 amide bonds. The number of allylic oxidation sites excluding steroid dienone is 4. The molecule has 0 aliphatic heterocycles. The molecule has 0 bridgehead atoms. The van der Waals surface area contributed by atoms with Crippen molar-refractivity contribution >= 4 is 33.4 Å². The summed E-state index contributed by atoms with van der Waals surface area (Å²) < 4.78 is 5.44. The second-order valence-corrected chi connectivity index (χ2v) is 5.36. The van der Waals surface area contributed by atoms with Crippen LogP contribution in [0.15, 0.2) is 51.6 Å². The summed E-state index contributed by atoms with van der Waals surface area (Å²) in [5.41, 5.74) is -1.38. The van der Waals surface area contributed by atoms with Crippen molar-refractivity contribution in [2.45, 2.75) is 6.92 Å². The van der Waals surface area contributed by atoms with Crippen molar-refractivity contribution < 1.29 is 29.6 Å². The van der Waals surface area contributed by atoms with Gasteiger partial charge in [0.15, 0.2) is 11.2 Å². The number of aliphatic hydroxyl groups excluding tert-OH is 2. The third-order valence-electron chi connectivity index (χ3n) is 3.34. The van der Waals surface area contributed by atoms with Crippen molar-refractivity contribution in [3.63, 3.8) is 0 Å². The maximum atomic E-state index is 12.3. The van der Waals surface area contributed by atoms with E-state index in [9.17, 15) is 30.0 Å². The van der Waals surface area contributed by atoms with Crippen LogP contribution in [-0.4, -0.2) is 25.7 Å². The van der Waals surface area contributed by atoms with Gasteiger partial charge in [-0.15, -0.1) is 0 Å². The second kappa shape index (κ2) is 6.74. The Morgan fingerprint density at radius 3 is 2.44 bits per heavy atom. The smallest absolute Gasteiger partial charge is 0.259 e. The highest BCUT2D eigenvalue weighted by atomic mass is 35.5. The fourth-order valence-electron chi connectivity index (χ4n) is 2.11. The molecule has 4 N–H and O–H groups in total. The highest BCUT2D eigenvalue weighted by Crippen LogP contribution is 2.36. The Hall–Kier alpha value is -3.19. The molecule has 1 aromatic carbocycles. The number of halogens is 1. The number of rotatable bonds is 4. The van der Waals surface area contributed by atoms with Crippen molar-refractivity contribution in [1.82, 2.24) is 0 Å². The highest BCUT2D eigenvalue weighted by molar-refractivity contribution is 6.68. The number of hydrogen-bond donors (Lipinski definition) is 4. The lowest BCUT2D eigenvalue weighted by Crippen LogP contribution is -2.04. The maximum Gasteiger partial charge on any atom is 0.259 e. The summed E-state index contributed by atoms with van der Waals surface area (Å²) >= 11 is 5.29. The van der Waals surface area contributed by atoms with E-state index in [1.807, 2.05) is 0 Å². The van der Waals surface area contributed by atoms with Gasteiger partial charge in [-0.05, 0) is 24.6 Å². The molecule has 25 heavy (non-hydrogen) atoms. The molecule has 0 unspecified atom stereocenters. The topological polar surface area (TPSA) is 128 Å². The minimum Gasteiger partial charge on any atom is -0.509 e. The summed E-state index contributed by atoms with van der Waals surface area (Å²) in [5.74, 6) is -2.34. The summed E-state index contributed by atoms with van der Waals surface area (Å²) in [4.78, 5) is 23.6. The number of phenols is 2. The van der Waals surface area contributed by atoms with E-state index in [1.54, 1.807) is 0 Å². The highest BCUT2D eigenvalue weighted by Gasteiger charge is 2.21. The molecule has 130 valence electrons. The normalized spacial score (nSPS) is 12.8. The van der Waals surface area contributed by atoms with Gasteiger partial charge in [0.25, 0.3) is 5.24 Å². The summed E-state index contributed by atoms with van der Waals surface area (Å²) in [7, 11) is 0. The molecule has 1 aromatic heterocycles. The number of aliphatic hydroxyl groups is 2. The van der Waals surface area contributed by atoms with Gasteiger partial charge < -0.3 is 24.8 Å². The third kappa shape index (κ3) is 3.36. The SMILES string of the molecule is C=C/C(=C\C(O)=C(/C)O)c1cc(=O)c2c(O)c(C(=O)Cl)c(O)cc2o1. The largest absolute Gasteiger partial charge is 0.509 e. The number of carbonyl (C=O) groups excluding carboxylic acids is 1. The minimum atomic E-state index is -1.14. The first-order chi connectivity index (χ1) is 11.7. The number of fused-ring (bicyclic) bond motifs is 1. The standard InChI is InChI=1S/C17H13ClO7/c1-3-8(4-9(20)7(2)19)12-5-10(21)14-13(25-12)6-11(22)15(16(14)23)17(18)24/h3-6,19-20,22-23H,1H2,2H3/b8-4+,9-7-. The van der Waals surface area contributed by atoms with E-state index in [-0.39, 0.29) is 28.1 Å². The van der Waals surface area contributed by atoms with E-state index >= 15 is 0 Å². The van der Waals surface area contributed by atoms with Crippen LogP contribution in [0.4, 0.5) is 0 Å². The predicted octanol–water partition coefficient (Wildman–Crippen LogP) is 3.50. The molecule has 0 radical (unpaired) electrons. The summed E-state index contributed by atoms with van der Waals surface area (Å²) in [6, 6.07) is 1.96. The molecule has 8 heteroatoms. The van der Waals surface area contributed by atoms with Crippen LogP contribution in [0.2, 0.25) is 0 Å². The number of phenolic OH excluding ortho intramolecular Hbond substituents is 2. The first-order valence-corrected chi connectivity index (χ1v) is 7.21. The van der Waals surface area contributed by atoms with Crippen LogP contribution in [0.5, 0.6) is 11.5 Å². The number of hydrogen-bond acceptors (Lipinski definition) is 7. The van der Waals surface area contributed by atoms with Crippen LogP contribution in [0.3, 0.4) is 0 Å². The summed E-state index contributed by atoms with van der Waals surface area (Å²) in [6.07, 6.45) is 2.38. The van der Waals surface area contributed by atoms with Crippen LogP contribution in [0.1, 0.15) is 23.0 Å². The van der Waals surface area contributed by atoms with Crippen LogP contribution in [0, 0.1) is 0 Å². The van der Waals surface area contributed by atoms with Crippen molar-refractivity contribution in [2.24, 2.45) is 0 Å². The van der Waals surface area contributed by atoms with Gasteiger partial charge in [0.2, 0.25) is 0 Å². The van der Waals surface area contributed by atoms with Crippen molar-refractivity contribution in [3.05, 3.63) is 63.9 Å². The third-order valence-corrected chi connectivity index (χ3v) is 3.53. The van der Waals surface area contributed by atoms with Crippen LogP contribution in [-0.2, 0) is 0 Å². The Morgan fingerprint density at radius 2 is 1.92 bits per heavy atom. The first kappa shape index (κ1) is 18.2. The average Bonchev–Trinajstić information content (AvgIpc) is 2.50. The van der Waals surface area contributed by atoms with Gasteiger partial charge in [-0.25, -0.2) is 0 Å². The van der Waals surface area contributed by atoms with Crippen molar-refractivity contribution in [3.8, 4) is 11.5 Å². The Kier molecular flexibility index (Phi) is 4.89. The van der Waals surface area contributed by atoms with Gasteiger partial charge in [-0.2, -0.15) is 0 Å². The van der Waals surface area contributed by atoms with Gasteiger partial charge >= 0.3 is 0 Å². The Morgan fingerprint density at radius 1 is 1.28 bits per heavy atom. The Bertz CT molecular complexity index is 1010. The van der Waals surface area contributed by atoms with Crippen molar-refractivity contribution in [1.29, 1.82) is 0 Å². The molecule has 0 saturated carbocycles. The first-order valence-electron chi connectivity index (χ1n) is 6.83. The zero-order chi connectivity index (χ0) is 18.9. The van der Waals surface area contributed by atoms with Gasteiger partial charge in [0, 0.05) is 17.7 Å². The molecule has 0 spiro atoms. The zero-order valence-corrected chi connectivity index (χ0v) is 13.7. The predicted molar refractivity (Wildman–Crippen MR) is 92.1 cm³/mol. The minimum absolute atomic E-state index is 0.0518. The lowest BCUT2D eigenvalue weighted by Gasteiger charge is -2.08. The van der Waals surface area contributed by atoms with E-state index in [4.69, 9.17) is 16.0 Å². The Labute approximate surface area is 146 Å². The van der Waals surface area contributed by atoms with Crippen LogP contribution in [0.25, 0.3) is 16.5 Å². The quantitative estimate of drug-likeness (QED) is 0.371. The van der Waals surface area contributed by atoms with Gasteiger partial charge in [-0.3, -0.25) is 9.59 Å². The molecule has 0 saturated heterocycles.